The Morgan fingerprint density at radius 3 is 2.73 bits per heavy atom. The highest BCUT2D eigenvalue weighted by atomic mass is 32.1. The molecule has 2 fully saturated rings. The third-order valence-corrected chi connectivity index (χ3v) is 3.20. The van der Waals surface area contributed by atoms with Crippen LogP contribution in [0.15, 0.2) is 0 Å². The van der Waals surface area contributed by atoms with Crippen LogP contribution in [0.2, 0.25) is 0 Å². The van der Waals surface area contributed by atoms with Crippen molar-refractivity contribution in [3.8, 4) is 0 Å². The average molecular weight is 171 g/mol. The van der Waals surface area contributed by atoms with E-state index in [-0.39, 0.29) is 0 Å². The fourth-order valence-electron chi connectivity index (χ4n) is 1.98. The Balaban J connectivity index is 2.10. The summed E-state index contributed by atoms with van der Waals surface area (Å²) in [6, 6.07) is 0. The highest BCUT2D eigenvalue weighted by Crippen LogP contribution is 2.55. The van der Waals surface area contributed by atoms with Gasteiger partial charge in [0.2, 0.25) is 0 Å². The molecule has 0 amide bonds. The molecule has 2 aliphatic rings. The lowest BCUT2D eigenvalue weighted by molar-refractivity contribution is 0.0246. The molecule has 2 rings (SSSR count). The fourth-order valence-corrected chi connectivity index (χ4v) is 2.35. The minimum atomic E-state index is 0.379. The molecule has 1 spiro atoms. The summed E-state index contributed by atoms with van der Waals surface area (Å²) in [6.07, 6.45) is 3.55. The van der Waals surface area contributed by atoms with Crippen LogP contribution in [0.5, 0.6) is 0 Å². The van der Waals surface area contributed by atoms with Gasteiger partial charge in [-0.2, -0.15) is 0 Å². The molecule has 3 heteroatoms. The first-order chi connectivity index (χ1) is 5.25. The summed E-state index contributed by atoms with van der Waals surface area (Å²) in [5.41, 5.74) is 6.04. The number of ether oxygens (including phenoxy) is 1. The second-order valence-corrected chi connectivity index (χ2v) is 4.13. The van der Waals surface area contributed by atoms with Gasteiger partial charge in [-0.25, -0.2) is 0 Å². The Labute approximate surface area is 72.1 Å². The Morgan fingerprint density at radius 2 is 2.27 bits per heavy atom. The Hall–Kier alpha value is -0.150. The predicted octanol–water partition coefficient (Wildman–Crippen LogP) is 1.09. The van der Waals surface area contributed by atoms with E-state index in [9.17, 15) is 0 Å². The van der Waals surface area contributed by atoms with Crippen LogP contribution in [0.25, 0.3) is 0 Å². The van der Waals surface area contributed by atoms with Crippen molar-refractivity contribution in [3.05, 3.63) is 0 Å². The summed E-state index contributed by atoms with van der Waals surface area (Å²) >= 11 is 5.03. The van der Waals surface area contributed by atoms with Gasteiger partial charge in [0.15, 0.2) is 0 Å². The lowest BCUT2D eigenvalue weighted by Gasteiger charge is -2.30. The van der Waals surface area contributed by atoms with E-state index >= 15 is 0 Å². The van der Waals surface area contributed by atoms with Gasteiger partial charge in [0.25, 0.3) is 0 Å². The molecule has 1 saturated heterocycles. The topological polar surface area (TPSA) is 35.2 Å². The van der Waals surface area contributed by atoms with E-state index in [0.717, 1.165) is 19.6 Å². The maximum Gasteiger partial charge on any atom is 0.0766 e. The quantitative estimate of drug-likeness (QED) is 0.600. The predicted molar refractivity (Wildman–Crippen MR) is 47.4 cm³/mol. The molecule has 2 nitrogen and oxygen atoms in total. The van der Waals surface area contributed by atoms with Crippen LogP contribution in [0.4, 0.5) is 0 Å². The first kappa shape index (κ1) is 7.50. The lowest BCUT2D eigenvalue weighted by Crippen LogP contribution is -2.37. The van der Waals surface area contributed by atoms with Crippen LogP contribution < -0.4 is 5.73 Å². The van der Waals surface area contributed by atoms with Gasteiger partial charge in [0.1, 0.15) is 0 Å². The van der Waals surface area contributed by atoms with Crippen LogP contribution in [-0.4, -0.2) is 18.2 Å². The van der Waals surface area contributed by atoms with E-state index < -0.39 is 0 Å². The van der Waals surface area contributed by atoms with Gasteiger partial charge in [-0.3, -0.25) is 0 Å². The molecular weight excluding hydrogens is 158 g/mol. The van der Waals surface area contributed by atoms with Gasteiger partial charge in [-0.05, 0) is 19.3 Å². The van der Waals surface area contributed by atoms with Gasteiger partial charge >= 0.3 is 0 Å². The molecule has 2 N–H and O–H groups in total. The van der Waals surface area contributed by atoms with Crippen molar-refractivity contribution in [2.75, 3.05) is 13.2 Å². The lowest BCUT2D eigenvalue weighted by atomic mass is 9.85. The van der Waals surface area contributed by atoms with Crippen LogP contribution in [0, 0.1) is 11.3 Å². The van der Waals surface area contributed by atoms with Crippen molar-refractivity contribution in [1.82, 2.24) is 0 Å². The van der Waals surface area contributed by atoms with Crippen molar-refractivity contribution in [2.24, 2.45) is 17.1 Å². The average Bonchev–Trinajstić information content (AvgIpc) is 2.70. The zero-order chi connectivity index (χ0) is 7.90. The third-order valence-electron chi connectivity index (χ3n) is 2.92. The molecule has 0 bridgehead atoms. The molecule has 1 heterocycles. The maximum atomic E-state index is 5.66. The smallest absolute Gasteiger partial charge is 0.0766 e. The van der Waals surface area contributed by atoms with Crippen molar-refractivity contribution in [1.29, 1.82) is 0 Å². The SMILES string of the molecule is NC(=S)[C@@H]1CCOCC12CC2. The van der Waals surface area contributed by atoms with Crippen LogP contribution >= 0.6 is 12.2 Å². The van der Waals surface area contributed by atoms with E-state index in [4.69, 9.17) is 22.7 Å². The Kier molecular flexibility index (Phi) is 1.65. The summed E-state index contributed by atoms with van der Waals surface area (Å²) in [5, 5.41) is 0. The Morgan fingerprint density at radius 1 is 1.55 bits per heavy atom. The van der Waals surface area contributed by atoms with E-state index in [2.05, 4.69) is 0 Å². The van der Waals surface area contributed by atoms with E-state index in [1.54, 1.807) is 0 Å². The third kappa shape index (κ3) is 1.16. The van der Waals surface area contributed by atoms with E-state index in [1.807, 2.05) is 0 Å². The maximum absolute atomic E-state index is 5.66. The molecule has 0 aromatic heterocycles. The second-order valence-electron chi connectivity index (χ2n) is 3.66. The number of thiocarbonyl (C=S) groups is 1. The molecule has 0 unspecified atom stereocenters. The zero-order valence-electron chi connectivity index (χ0n) is 6.51. The fraction of sp³-hybridized carbons (Fsp3) is 0.875. The van der Waals surface area contributed by atoms with Gasteiger partial charge < -0.3 is 10.5 Å². The van der Waals surface area contributed by atoms with Crippen molar-refractivity contribution in [2.45, 2.75) is 19.3 Å². The highest BCUT2D eigenvalue weighted by Gasteiger charge is 2.52. The molecule has 11 heavy (non-hydrogen) atoms. The first-order valence-electron chi connectivity index (χ1n) is 4.12. The highest BCUT2D eigenvalue weighted by molar-refractivity contribution is 7.80. The molecule has 62 valence electrons. The monoisotopic (exact) mass is 171 g/mol. The van der Waals surface area contributed by atoms with Gasteiger partial charge in [-0.15, -0.1) is 0 Å². The Bertz CT molecular complexity index is 189. The molecule has 1 aliphatic carbocycles. The molecule has 1 saturated carbocycles. The molecular formula is C8H13NOS. The van der Waals surface area contributed by atoms with Crippen molar-refractivity contribution >= 4 is 17.2 Å². The standard InChI is InChI=1S/C8H13NOS/c9-7(11)6-1-4-10-5-8(6)2-3-8/h6H,1-5H2,(H2,9,11)/t6-/m0/s1. The summed E-state index contributed by atoms with van der Waals surface area (Å²) in [7, 11) is 0. The van der Waals surface area contributed by atoms with Gasteiger partial charge in [-0.1, -0.05) is 12.2 Å². The second kappa shape index (κ2) is 2.42. The number of rotatable bonds is 1. The van der Waals surface area contributed by atoms with Gasteiger partial charge in [0, 0.05) is 17.9 Å². The van der Waals surface area contributed by atoms with Crippen molar-refractivity contribution < 1.29 is 4.74 Å². The summed E-state index contributed by atoms with van der Waals surface area (Å²) < 4.78 is 5.41. The first-order valence-corrected chi connectivity index (χ1v) is 4.52. The molecule has 0 radical (unpaired) electrons. The minimum absolute atomic E-state index is 0.379. The molecule has 0 aromatic carbocycles. The zero-order valence-corrected chi connectivity index (χ0v) is 7.32. The summed E-state index contributed by atoms with van der Waals surface area (Å²) in [5.74, 6) is 0.464. The van der Waals surface area contributed by atoms with Crippen LogP contribution in [-0.2, 0) is 4.74 Å². The minimum Gasteiger partial charge on any atom is -0.393 e. The number of hydrogen-bond acceptors (Lipinski definition) is 2. The van der Waals surface area contributed by atoms with Crippen LogP contribution in [0.1, 0.15) is 19.3 Å². The van der Waals surface area contributed by atoms with E-state index in [0.29, 0.717) is 16.3 Å². The number of nitrogens with two attached hydrogens (primary N) is 1. The van der Waals surface area contributed by atoms with Crippen LogP contribution in [0.3, 0.4) is 0 Å². The largest absolute Gasteiger partial charge is 0.393 e. The summed E-state index contributed by atoms with van der Waals surface area (Å²) in [4.78, 5) is 0.700. The van der Waals surface area contributed by atoms with Gasteiger partial charge in [0.05, 0.1) is 11.6 Å². The van der Waals surface area contributed by atoms with Crippen molar-refractivity contribution in [3.63, 3.8) is 0 Å². The number of hydrogen-bond donors (Lipinski definition) is 1. The molecule has 1 atom stereocenters. The van der Waals surface area contributed by atoms with E-state index in [1.165, 1.54) is 12.8 Å². The normalized spacial score (nSPS) is 33.6. The molecule has 0 aromatic rings. The summed E-state index contributed by atoms with van der Waals surface area (Å²) in [6.45, 7) is 1.72. The molecule has 1 aliphatic heterocycles.